The Bertz CT molecular complexity index is 1450. The molecule has 0 saturated heterocycles. The number of amides is 2. The highest BCUT2D eigenvalue weighted by Gasteiger charge is 2.34. The fourth-order valence-electron chi connectivity index (χ4n) is 4.07. The van der Waals surface area contributed by atoms with Crippen LogP contribution in [0.3, 0.4) is 0 Å². The van der Waals surface area contributed by atoms with E-state index >= 15 is 0 Å². The van der Waals surface area contributed by atoms with Gasteiger partial charge in [0.2, 0.25) is 21.8 Å². The molecule has 0 heterocycles. The largest absolute Gasteiger partial charge is 0.352 e. The van der Waals surface area contributed by atoms with E-state index in [2.05, 4.69) is 5.32 Å². The molecular formula is C28H29Cl4N3O4S. The highest BCUT2D eigenvalue weighted by molar-refractivity contribution is 7.92. The zero-order chi connectivity index (χ0) is 29.6. The third-order valence-electron chi connectivity index (χ3n) is 5.97. The first-order valence-corrected chi connectivity index (χ1v) is 15.6. The number of carbonyl (C=O) groups is 2. The predicted molar refractivity (Wildman–Crippen MR) is 163 cm³/mol. The number of nitrogens with zero attached hydrogens (tertiary/aromatic N) is 2. The lowest BCUT2D eigenvalue weighted by molar-refractivity contribution is -0.140. The normalized spacial score (nSPS) is 12.2. The second-order valence-corrected chi connectivity index (χ2v) is 12.9. The SMILES string of the molecule is CC(C)NC(=O)[C@H](Cc1ccccc1)N(Cc1c(Cl)cccc1Cl)C(=O)CN(c1cccc(Cl)c1Cl)S(C)(=O)=O. The molecule has 0 saturated carbocycles. The van der Waals surface area contributed by atoms with E-state index in [1.807, 2.05) is 30.3 Å². The lowest BCUT2D eigenvalue weighted by Crippen LogP contribution is -2.54. The zero-order valence-corrected chi connectivity index (χ0v) is 25.9. The van der Waals surface area contributed by atoms with Crippen molar-refractivity contribution in [1.29, 1.82) is 0 Å². The van der Waals surface area contributed by atoms with Gasteiger partial charge in [0, 0.05) is 34.6 Å². The van der Waals surface area contributed by atoms with Gasteiger partial charge in [0.15, 0.2) is 0 Å². The summed E-state index contributed by atoms with van der Waals surface area (Å²) in [5.41, 5.74) is 1.25. The molecule has 3 aromatic rings. The maximum absolute atomic E-state index is 14.1. The summed E-state index contributed by atoms with van der Waals surface area (Å²) in [7, 11) is -4.01. The zero-order valence-electron chi connectivity index (χ0n) is 22.1. The highest BCUT2D eigenvalue weighted by atomic mass is 35.5. The van der Waals surface area contributed by atoms with Gasteiger partial charge in [0.1, 0.15) is 12.6 Å². The third-order valence-corrected chi connectivity index (χ3v) is 8.61. The first-order valence-electron chi connectivity index (χ1n) is 12.3. The van der Waals surface area contributed by atoms with Gasteiger partial charge in [-0.25, -0.2) is 8.42 Å². The van der Waals surface area contributed by atoms with Crippen molar-refractivity contribution in [2.24, 2.45) is 0 Å². The van der Waals surface area contributed by atoms with Crippen LogP contribution < -0.4 is 9.62 Å². The summed E-state index contributed by atoms with van der Waals surface area (Å²) in [5.74, 6) is -1.08. The molecule has 0 bridgehead atoms. The van der Waals surface area contributed by atoms with Crippen LogP contribution in [-0.2, 0) is 32.6 Å². The molecule has 40 heavy (non-hydrogen) atoms. The van der Waals surface area contributed by atoms with Crippen LogP contribution in [-0.4, -0.2) is 50.0 Å². The van der Waals surface area contributed by atoms with Crippen LogP contribution >= 0.6 is 46.4 Å². The third kappa shape index (κ3) is 8.27. The van der Waals surface area contributed by atoms with Crippen LogP contribution in [0.1, 0.15) is 25.0 Å². The summed E-state index contributed by atoms with van der Waals surface area (Å²) < 4.78 is 26.7. The molecule has 1 atom stereocenters. The first-order chi connectivity index (χ1) is 18.8. The molecule has 2 amide bonds. The van der Waals surface area contributed by atoms with Crippen LogP contribution in [0.2, 0.25) is 20.1 Å². The number of anilines is 1. The van der Waals surface area contributed by atoms with E-state index in [0.29, 0.717) is 15.6 Å². The fourth-order valence-corrected chi connectivity index (χ4v) is 5.89. The summed E-state index contributed by atoms with van der Waals surface area (Å²) in [5, 5.41) is 3.57. The molecule has 7 nitrogen and oxygen atoms in total. The predicted octanol–water partition coefficient (Wildman–Crippen LogP) is 6.23. The average molecular weight is 645 g/mol. The monoisotopic (exact) mass is 643 g/mol. The Kier molecular flexibility index (Phi) is 11.1. The molecule has 3 aromatic carbocycles. The number of rotatable bonds is 11. The summed E-state index contributed by atoms with van der Waals surface area (Å²) in [6.45, 7) is 2.81. The van der Waals surface area contributed by atoms with Crippen molar-refractivity contribution in [1.82, 2.24) is 10.2 Å². The molecule has 0 aliphatic heterocycles. The van der Waals surface area contributed by atoms with Crippen LogP contribution in [0.5, 0.6) is 0 Å². The average Bonchev–Trinajstić information content (AvgIpc) is 2.87. The molecule has 0 aromatic heterocycles. The van der Waals surface area contributed by atoms with Gasteiger partial charge < -0.3 is 10.2 Å². The molecule has 0 spiro atoms. The molecule has 0 fully saturated rings. The minimum Gasteiger partial charge on any atom is -0.352 e. The van der Waals surface area contributed by atoms with E-state index in [-0.39, 0.29) is 34.7 Å². The molecular weight excluding hydrogens is 616 g/mol. The summed E-state index contributed by atoms with van der Waals surface area (Å²) in [6.07, 6.45) is 1.11. The molecule has 214 valence electrons. The second-order valence-electron chi connectivity index (χ2n) is 9.43. The number of sulfonamides is 1. The van der Waals surface area contributed by atoms with Crippen molar-refractivity contribution in [2.45, 2.75) is 38.9 Å². The van der Waals surface area contributed by atoms with Gasteiger partial charge >= 0.3 is 0 Å². The maximum Gasteiger partial charge on any atom is 0.244 e. The van der Waals surface area contributed by atoms with Crippen LogP contribution in [0.15, 0.2) is 66.7 Å². The Morgan fingerprint density at radius 3 is 2.00 bits per heavy atom. The van der Waals surface area contributed by atoms with Crippen molar-refractivity contribution in [2.75, 3.05) is 17.1 Å². The Morgan fingerprint density at radius 2 is 1.43 bits per heavy atom. The number of nitrogens with one attached hydrogen (secondary N) is 1. The van der Waals surface area contributed by atoms with Gasteiger partial charge in [-0.2, -0.15) is 0 Å². The van der Waals surface area contributed by atoms with Crippen molar-refractivity contribution in [3.63, 3.8) is 0 Å². The summed E-state index contributed by atoms with van der Waals surface area (Å²) >= 11 is 25.4. The minimum atomic E-state index is -4.01. The maximum atomic E-state index is 14.1. The van der Waals surface area contributed by atoms with E-state index in [1.165, 1.54) is 23.1 Å². The van der Waals surface area contributed by atoms with Crippen LogP contribution in [0, 0.1) is 0 Å². The van der Waals surface area contributed by atoms with Gasteiger partial charge in [-0.05, 0) is 43.7 Å². The Labute approximate surface area is 255 Å². The number of hydrogen-bond acceptors (Lipinski definition) is 4. The van der Waals surface area contributed by atoms with Crippen molar-refractivity contribution >= 4 is 73.9 Å². The quantitative estimate of drug-likeness (QED) is 0.268. The molecule has 12 heteroatoms. The molecule has 3 rings (SSSR count). The highest BCUT2D eigenvalue weighted by Crippen LogP contribution is 2.34. The molecule has 0 aliphatic carbocycles. The Morgan fingerprint density at radius 1 is 0.850 bits per heavy atom. The minimum absolute atomic E-state index is 0.0264. The van der Waals surface area contributed by atoms with Crippen molar-refractivity contribution in [3.8, 4) is 0 Å². The standard InChI is InChI=1S/C28H29Cl4N3O4S/c1-18(2)33-28(37)25(15-19-9-5-4-6-10-19)34(16-20-21(29)11-7-12-22(20)30)26(36)17-35(40(3,38)39)24-14-8-13-23(31)27(24)32/h4-14,18,25H,15-17H2,1-3H3,(H,33,37)/t25-/m0/s1. The molecule has 0 radical (unpaired) electrons. The molecule has 1 N–H and O–H groups in total. The van der Waals surface area contributed by atoms with Gasteiger partial charge in [0.25, 0.3) is 0 Å². The number of benzene rings is 3. The molecule has 0 unspecified atom stereocenters. The van der Waals surface area contributed by atoms with E-state index in [0.717, 1.165) is 16.1 Å². The number of halogens is 4. The van der Waals surface area contributed by atoms with Gasteiger partial charge in [-0.1, -0.05) is 88.9 Å². The van der Waals surface area contributed by atoms with Crippen molar-refractivity contribution < 1.29 is 18.0 Å². The van der Waals surface area contributed by atoms with Crippen LogP contribution in [0.25, 0.3) is 0 Å². The smallest absolute Gasteiger partial charge is 0.244 e. The van der Waals surface area contributed by atoms with Gasteiger partial charge in [-0.15, -0.1) is 0 Å². The van der Waals surface area contributed by atoms with Crippen LogP contribution in [0.4, 0.5) is 5.69 Å². The lowest BCUT2D eigenvalue weighted by Gasteiger charge is -2.34. The number of hydrogen-bond donors (Lipinski definition) is 1. The van der Waals surface area contributed by atoms with E-state index in [9.17, 15) is 18.0 Å². The van der Waals surface area contributed by atoms with Gasteiger partial charge in [-0.3, -0.25) is 13.9 Å². The Hall–Kier alpha value is -2.49. The molecule has 0 aliphatic rings. The lowest BCUT2D eigenvalue weighted by atomic mass is 10.0. The van der Waals surface area contributed by atoms with Gasteiger partial charge in [0.05, 0.1) is 22.0 Å². The van der Waals surface area contributed by atoms with Crippen molar-refractivity contribution in [3.05, 3.63) is 97.9 Å². The van der Waals surface area contributed by atoms with E-state index in [1.54, 1.807) is 32.0 Å². The Balaban J connectivity index is 2.13. The van der Waals surface area contributed by atoms with E-state index < -0.39 is 34.4 Å². The fraction of sp³-hybridized carbons (Fsp3) is 0.286. The summed E-state index contributed by atoms with van der Waals surface area (Å²) in [6, 6.07) is 17.3. The second kappa shape index (κ2) is 13.9. The van der Waals surface area contributed by atoms with E-state index in [4.69, 9.17) is 46.4 Å². The topological polar surface area (TPSA) is 86.8 Å². The number of carbonyl (C=O) groups excluding carboxylic acids is 2. The summed E-state index contributed by atoms with van der Waals surface area (Å²) in [4.78, 5) is 29.0. The first kappa shape index (κ1) is 32.0.